The summed E-state index contributed by atoms with van der Waals surface area (Å²) < 4.78 is 10.5. The van der Waals surface area contributed by atoms with E-state index >= 15 is 0 Å². The van der Waals surface area contributed by atoms with E-state index in [4.69, 9.17) is 9.47 Å². The summed E-state index contributed by atoms with van der Waals surface area (Å²) in [6.45, 7) is 0. The summed E-state index contributed by atoms with van der Waals surface area (Å²) >= 11 is 1.82. The van der Waals surface area contributed by atoms with Crippen molar-refractivity contribution in [1.82, 2.24) is 5.32 Å². The SMILES string of the molecule is CNC(CSC)c1ccc(OC)c(OC)c1. The highest BCUT2D eigenvalue weighted by molar-refractivity contribution is 7.98. The lowest BCUT2D eigenvalue weighted by Crippen LogP contribution is -2.18. The number of hydrogen-bond acceptors (Lipinski definition) is 4. The molecule has 0 spiro atoms. The Balaban J connectivity index is 2.96. The molecule has 0 amide bonds. The molecule has 1 unspecified atom stereocenters. The van der Waals surface area contributed by atoms with Crippen molar-refractivity contribution in [3.05, 3.63) is 23.8 Å². The molecule has 0 aliphatic rings. The highest BCUT2D eigenvalue weighted by Gasteiger charge is 2.11. The van der Waals surface area contributed by atoms with Gasteiger partial charge in [-0.25, -0.2) is 0 Å². The first-order valence-corrected chi connectivity index (χ1v) is 6.54. The molecule has 1 aromatic rings. The van der Waals surface area contributed by atoms with Crippen LogP contribution in [0.25, 0.3) is 0 Å². The maximum absolute atomic E-state index is 5.29. The first-order valence-electron chi connectivity index (χ1n) is 5.15. The molecule has 16 heavy (non-hydrogen) atoms. The Kier molecular flexibility index (Phi) is 5.49. The zero-order valence-electron chi connectivity index (χ0n) is 10.2. The summed E-state index contributed by atoms with van der Waals surface area (Å²) in [5.41, 5.74) is 1.22. The third kappa shape index (κ3) is 3.06. The standard InChI is InChI=1S/C12H19NO2S/c1-13-10(8-16-4)9-5-6-11(14-2)12(7-9)15-3/h5-7,10,13H,8H2,1-4H3. The van der Waals surface area contributed by atoms with Crippen molar-refractivity contribution >= 4 is 11.8 Å². The Labute approximate surface area is 102 Å². The Morgan fingerprint density at radius 1 is 1.25 bits per heavy atom. The molecule has 90 valence electrons. The van der Waals surface area contributed by atoms with Crippen molar-refractivity contribution in [2.45, 2.75) is 6.04 Å². The summed E-state index contributed by atoms with van der Waals surface area (Å²) in [5, 5.41) is 3.29. The molecular weight excluding hydrogens is 222 g/mol. The maximum atomic E-state index is 5.29. The van der Waals surface area contributed by atoms with Crippen molar-refractivity contribution in [2.24, 2.45) is 0 Å². The quantitative estimate of drug-likeness (QED) is 0.828. The molecule has 1 N–H and O–H groups in total. The number of methoxy groups -OCH3 is 2. The van der Waals surface area contributed by atoms with Crippen LogP contribution in [0.2, 0.25) is 0 Å². The Morgan fingerprint density at radius 2 is 1.94 bits per heavy atom. The van der Waals surface area contributed by atoms with E-state index in [-0.39, 0.29) is 0 Å². The van der Waals surface area contributed by atoms with Crippen LogP contribution in [0, 0.1) is 0 Å². The monoisotopic (exact) mass is 241 g/mol. The molecule has 0 heterocycles. The van der Waals surface area contributed by atoms with Gasteiger partial charge in [-0.1, -0.05) is 6.07 Å². The van der Waals surface area contributed by atoms with E-state index in [9.17, 15) is 0 Å². The average Bonchev–Trinajstić information content (AvgIpc) is 2.35. The van der Waals surface area contributed by atoms with Gasteiger partial charge >= 0.3 is 0 Å². The largest absolute Gasteiger partial charge is 0.493 e. The van der Waals surface area contributed by atoms with Gasteiger partial charge < -0.3 is 14.8 Å². The van der Waals surface area contributed by atoms with Gasteiger partial charge in [0.1, 0.15) is 0 Å². The zero-order chi connectivity index (χ0) is 12.0. The molecule has 1 aromatic carbocycles. The minimum atomic E-state index is 0.342. The molecular formula is C12H19NO2S. The van der Waals surface area contributed by atoms with E-state index in [1.54, 1.807) is 14.2 Å². The fourth-order valence-electron chi connectivity index (χ4n) is 1.58. The fourth-order valence-corrected chi connectivity index (χ4v) is 2.27. The van der Waals surface area contributed by atoms with Crippen LogP contribution in [0.1, 0.15) is 11.6 Å². The number of thioether (sulfide) groups is 1. The van der Waals surface area contributed by atoms with Gasteiger partial charge in [-0.15, -0.1) is 0 Å². The topological polar surface area (TPSA) is 30.5 Å². The van der Waals surface area contributed by atoms with E-state index in [1.807, 2.05) is 30.9 Å². The summed E-state index contributed by atoms with van der Waals surface area (Å²) in [6.07, 6.45) is 2.10. The molecule has 0 aliphatic carbocycles. The van der Waals surface area contributed by atoms with Gasteiger partial charge in [0, 0.05) is 11.8 Å². The highest BCUT2D eigenvalue weighted by Crippen LogP contribution is 2.30. The highest BCUT2D eigenvalue weighted by atomic mass is 32.2. The first kappa shape index (κ1) is 13.2. The number of benzene rings is 1. The molecule has 4 heteroatoms. The Morgan fingerprint density at radius 3 is 2.44 bits per heavy atom. The summed E-state index contributed by atoms with van der Waals surface area (Å²) in [4.78, 5) is 0. The fraction of sp³-hybridized carbons (Fsp3) is 0.500. The molecule has 0 aliphatic heterocycles. The van der Waals surface area contributed by atoms with Crippen LogP contribution in [0.15, 0.2) is 18.2 Å². The minimum Gasteiger partial charge on any atom is -0.493 e. The molecule has 0 fully saturated rings. The van der Waals surface area contributed by atoms with Gasteiger partial charge in [-0.3, -0.25) is 0 Å². The van der Waals surface area contributed by atoms with E-state index in [0.717, 1.165) is 17.3 Å². The van der Waals surface area contributed by atoms with Crippen LogP contribution in [0.3, 0.4) is 0 Å². The smallest absolute Gasteiger partial charge is 0.161 e. The molecule has 0 bridgehead atoms. The van der Waals surface area contributed by atoms with Crippen LogP contribution >= 0.6 is 11.8 Å². The lowest BCUT2D eigenvalue weighted by molar-refractivity contribution is 0.354. The lowest BCUT2D eigenvalue weighted by atomic mass is 10.1. The summed E-state index contributed by atoms with van der Waals surface area (Å²) in [7, 11) is 5.27. The molecule has 0 aromatic heterocycles. The summed E-state index contributed by atoms with van der Waals surface area (Å²) in [6, 6.07) is 6.38. The van der Waals surface area contributed by atoms with E-state index < -0.39 is 0 Å². The van der Waals surface area contributed by atoms with Crippen molar-refractivity contribution < 1.29 is 9.47 Å². The molecule has 1 atom stereocenters. The van der Waals surface area contributed by atoms with Crippen LogP contribution in [-0.4, -0.2) is 33.3 Å². The van der Waals surface area contributed by atoms with Crippen LogP contribution < -0.4 is 14.8 Å². The van der Waals surface area contributed by atoms with E-state index in [2.05, 4.69) is 17.6 Å². The molecule has 0 saturated heterocycles. The second-order valence-corrected chi connectivity index (χ2v) is 4.32. The summed E-state index contributed by atoms with van der Waals surface area (Å²) in [5.74, 6) is 2.58. The van der Waals surface area contributed by atoms with E-state index in [1.165, 1.54) is 5.56 Å². The maximum Gasteiger partial charge on any atom is 0.161 e. The first-order chi connectivity index (χ1) is 7.76. The van der Waals surface area contributed by atoms with Gasteiger partial charge in [0.2, 0.25) is 0 Å². The molecule has 3 nitrogen and oxygen atoms in total. The number of rotatable bonds is 6. The van der Waals surface area contributed by atoms with Gasteiger partial charge in [-0.05, 0) is 31.0 Å². The predicted octanol–water partition coefficient (Wildman–Crippen LogP) is 2.33. The second-order valence-electron chi connectivity index (χ2n) is 3.41. The van der Waals surface area contributed by atoms with Crippen LogP contribution in [0.5, 0.6) is 11.5 Å². The minimum absolute atomic E-state index is 0.342. The Hall–Kier alpha value is -0.870. The van der Waals surface area contributed by atoms with Crippen molar-refractivity contribution in [3.8, 4) is 11.5 Å². The predicted molar refractivity (Wildman–Crippen MR) is 69.7 cm³/mol. The van der Waals surface area contributed by atoms with Crippen LogP contribution in [-0.2, 0) is 0 Å². The molecule has 0 radical (unpaired) electrons. The van der Waals surface area contributed by atoms with Gasteiger partial charge in [0.15, 0.2) is 11.5 Å². The number of nitrogens with one attached hydrogen (secondary N) is 1. The number of ether oxygens (including phenoxy) is 2. The number of hydrogen-bond donors (Lipinski definition) is 1. The van der Waals surface area contributed by atoms with Gasteiger partial charge in [0.25, 0.3) is 0 Å². The normalized spacial score (nSPS) is 12.2. The average molecular weight is 241 g/mol. The lowest BCUT2D eigenvalue weighted by Gasteiger charge is -2.17. The van der Waals surface area contributed by atoms with Gasteiger partial charge in [-0.2, -0.15) is 11.8 Å². The van der Waals surface area contributed by atoms with Crippen molar-refractivity contribution in [3.63, 3.8) is 0 Å². The third-order valence-electron chi connectivity index (χ3n) is 2.49. The van der Waals surface area contributed by atoms with E-state index in [0.29, 0.717) is 6.04 Å². The van der Waals surface area contributed by atoms with Crippen molar-refractivity contribution in [1.29, 1.82) is 0 Å². The molecule has 1 rings (SSSR count). The van der Waals surface area contributed by atoms with Crippen molar-refractivity contribution in [2.75, 3.05) is 33.3 Å². The second kappa shape index (κ2) is 6.66. The third-order valence-corrected chi connectivity index (χ3v) is 3.16. The van der Waals surface area contributed by atoms with Crippen LogP contribution in [0.4, 0.5) is 0 Å². The Bertz CT molecular complexity index is 331. The zero-order valence-corrected chi connectivity index (χ0v) is 11.1. The molecule has 0 saturated carbocycles. The van der Waals surface area contributed by atoms with Gasteiger partial charge in [0.05, 0.1) is 14.2 Å².